The number of ether oxygens (including phenoxy) is 2. The Morgan fingerprint density at radius 2 is 1.82 bits per heavy atom. The number of hydrogen-bond acceptors (Lipinski definition) is 4. The number of sulfonamides is 1. The summed E-state index contributed by atoms with van der Waals surface area (Å²) in [5.74, 6) is -1.28. The molecule has 1 aromatic carbocycles. The molecule has 0 saturated carbocycles. The van der Waals surface area contributed by atoms with Crippen molar-refractivity contribution in [3.63, 3.8) is 0 Å². The smallest absolute Gasteiger partial charge is 0.243 e. The first kappa shape index (κ1) is 16.1. The van der Waals surface area contributed by atoms with Crippen LogP contribution in [0.1, 0.15) is 19.3 Å². The normalized spacial score (nSPS) is 22.8. The largest absolute Gasteiger partial charge is 0.350 e. The predicted octanol–water partition coefficient (Wildman–Crippen LogP) is 2.40. The minimum atomic E-state index is -3.69. The zero-order valence-corrected chi connectivity index (χ0v) is 13.5. The Labute approximate surface area is 134 Å². The van der Waals surface area contributed by atoms with Crippen molar-refractivity contribution in [2.75, 3.05) is 26.3 Å². The van der Waals surface area contributed by atoms with E-state index < -0.39 is 21.6 Å². The highest BCUT2D eigenvalue weighted by molar-refractivity contribution is 7.89. The second kappa shape index (κ2) is 6.05. The fourth-order valence-electron chi connectivity index (χ4n) is 2.76. The highest BCUT2D eigenvalue weighted by Crippen LogP contribution is 2.33. The van der Waals surface area contributed by atoms with E-state index in [1.54, 1.807) is 0 Å². The quantitative estimate of drug-likeness (QED) is 0.822. The predicted molar refractivity (Wildman–Crippen MR) is 78.7 cm³/mol. The van der Waals surface area contributed by atoms with Gasteiger partial charge in [-0.2, -0.15) is 4.31 Å². The molecular weight excluding hydrogens is 333 g/mol. The number of halogens is 2. The molecule has 0 aromatic heterocycles. The van der Waals surface area contributed by atoms with Crippen molar-refractivity contribution in [2.24, 2.45) is 0 Å². The van der Waals surface area contributed by atoms with Crippen LogP contribution < -0.4 is 0 Å². The van der Waals surface area contributed by atoms with E-state index in [2.05, 4.69) is 0 Å². The summed E-state index contributed by atoms with van der Waals surface area (Å²) in [4.78, 5) is 0.000306. The molecule has 0 bridgehead atoms. The van der Waals surface area contributed by atoms with Crippen molar-refractivity contribution < 1.29 is 22.3 Å². The van der Waals surface area contributed by atoms with Crippen LogP contribution >= 0.6 is 11.6 Å². The molecule has 1 aromatic rings. The van der Waals surface area contributed by atoms with Gasteiger partial charge in [-0.25, -0.2) is 12.8 Å². The lowest BCUT2D eigenvalue weighted by Crippen LogP contribution is -2.51. The minimum Gasteiger partial charge on any atom is -0.350 e. The van der Waals surface area contributed by atoms with Crippen LogP contribution in [0.4, 0.5) is 4.39 Å². The van der Waals surface area contributed by atoms with E-state index in [0.717, 1.165) is 18.6 Å². The average molecular weight is 350 g/mol. The Balaban J connectivity index is 1.75. The maximum Gasteiger partial charge on any atom is 0.243 e. The number of hydrogen-bond donors (Lipinski definition) is 0. The van der Waals surface area contributed by atoms with Crippen molar-refractivity contribution in [3.8, 4) is 0 Å². The van der Waals surface area contributed by atoms with Crippen LogP contribution in [-0.4, -0.2) is 44.8 Å². The summed E-state index contributed by atoms with van der Waals surface area (Å²) in [6.07, 6.45) is 1.83. The molecule has 2 saturated heterocycles. The summed E-state index contributed by atoms with van der Waals surface area (Å²) in [5.41, 5.74) is 0. The summed E-state index contributed by atoms with van der Waals surface area (Å²) < 4.78 is 51.1. The second-order valence-corrected chi connectivity index (χ2v) is 7.79. The summed E-state index contributed by atoms with van der Waals surface area (Å²) in [7, 11) is -3.69. The Bertz CT molecular complexity index is 651. The van der Waals surface area contributed by atoms with Gasteiger partial charge in [-0.1, -0.05) is 11.6 Å². The van der Waals surface area contributed by atoms with E-state index in [1.807, 2.05) is 0 Å². The van der Waals surface area contributed by atoms with Gasteiger partial charge in [0.25, 0.3) is 0 Å². The van der Waals surface area contributed by atoms with Crippen molar-refractivity contribution >= 4 is 21.6 Å². The Hall–Kier alpha value is -0.730. The van der Waals surface area contributed by atoms with E-state index in [1.165, 1.54) is 10.4 Å². The molecule has 0 amide bonds. The Kier molecular flexibility index (Phi) is 4.44. The maximum atomic E-state index is 13.2. The molecule has 1 spiro atoms. The first-order valence-electron chi connectivity index (χ1n) is 7.16. The van der Waals surface area contributed by atoms with Crippen LogP contribution in [0.25, 0.3) is 0 Å². The van der Waals surface area contributed by atoms with Gasteiger partial charge < -0.3 is 9.47 Å². The number of benzene rings is 1. The third-order valence-electron chi connectivity index (χ3n) is 4.03. The van der Waals surface area contributed by atoms with Gasteiger partial charge in [0, 0.05) is 25.9 Å². The van der Waals surface area contributed by atoms with Crippen molar-refractivity contribution in [3.05, 3.63) is 29.0 Å². The summed E-state index contributed by atoms with van der Waals surface area (Å²) >= 11 is 5.68. The number of nitrogens with zero attached hydrogens (tertiary/aromatic N) is 1. The molecule has 8 heteroatoms. The molecule has 0 radical (unpaired) electrons. The van der Waals surface area contributed by atoms with Crippen molar-refractivity contribution in [2.45, 2.75) is 29.9 Å². The highest BCUT2D eigenvalue weighted by atomic mass is 35.5. The van der Waals surface area contributed by atoms with Crippen LogP contribution in [0.15, 0.2) is 23.1 Å². The molecule has 2 fully saturated rings. The van der Waals surface area contributed by atoms with Gasteiger partial charge in [0.1, 0.15) is 5.82 Å². The van der Waals surface area contributed by atoms with Gasteiger partial charge in [-0.3, -0.25) is 0 Å². The molecule has 0 aliphatic carbocycles. The maximum absolute atomic E-state index is 13.2. The lowest BCUT2D eigenvalue weighted by molar-refractivity contribution is -0.280. The molecule has 0 atom stereocenters. The van der Waals surface area contributed by atoms with Gasteiger partial charge in [-0.05, 0) is 24.6 Å². The average Bonchev–Trinajstić information content (AvgIpc) is 2.51. The lowest BCUT2D eigenvalue weighted by Gasteiger charge is -2.42. The van der Waals surface area contributed by atoms with Crippen LogP contribution in [0, 0.1) is 5.82 Å². The van der Waals surface area contributed by atoms with E-state index in [-0.39, 0.29) is 9.92 Å². The third kappa shape index (κ3) is 3.00. The SMILES string of the molecule is O=S(=O)(c1ccc(F)c(Cl)c1)N1CCC2(CC1)OCCCO2. The molecule has 0 N–H and O–H groups in total. The van der Waals surface area contributed by atoms with Crippen LogP contribution in [0.2, 0.25) is 5.02 Å². The minimum absolute atomic E-state index is 0.000306. The van der Waals surface area contributed by atoms with E-state index in [0.29, 0.717) is 39.1 Å². The number of rotatable bonds is 2. The van der Waals surface area contributed by atoms with Crippen LogP contribution in [0.5, 0.6) is 0 Å². The second-order valence-electron chi connectivity index (χ2n) is 5.44. The molecule has 3 rings (SSSR count). The van der Waals surface area contributed by atoms with Gasteiger partial charge in [0.2, 0.25) is 10.0 Å². The van der Waals surface area contributed by atoms with Crippen molar-refractivity contribution in [1.82, 2.24) is 4.31 Å². The fourth-order valence-corrected chi connectivity index (χ4v) is 4.47. The number of piperidine rings is 1. The summed E-state index contributed by atoms with van der Waals surface area (Å²) in [6, 6.07) is 3.44. The molecule has 2 heterocycles. The van der Waals surface area contributed by atoms with Gasteiger partial charge in [0.15, 0.2) is 5.79 Å². The van der Waals surface area contributed by atoms with Crippen LogP contribution in [0.3, 0.4) is 0 Å². The van der Waals surface area contributed by atoms with E-state index in [4.69, 9.17) is 21.1 Å². The molecule has 2 aliphatic heterocycles. The van der Waals surface area contributed by atoms with Crippen LogP contribution in [-0.2, 0) is 19.5 Å². The Morgan fingerprint density at radius 3 is 2.41 bits per heavy atom. The van der Waals surface area contributed by atoms with E-state index >= 15 is 0 Å². The van der Waals surface area contributed by atoms with Gasteiger partial charge in [-0.15, -0.1) is 0 Å². The van der Waals surface area contributed by atoms with E-state index in [9.17, 15) is 12.8 Å². The molecular formula is C14H17ClFNO4S. The van der Waals surface area contributed by atoms with Gasteiger partial charge >= 0.3 is 0 Å². The molecule has 2 aliphatic rings. The lowest BCUT2D eigenvalue weighted by atomic mass is 10.0. The molecule has 5 nitrogen and oxygen atoms in total. The fraction of sp³-hybridized carbons (Fsp3) is 0.571. The van der Waals surface area contributed by atoms with Crippen molar-refractivity contribution in [1.29, 1.82) is 0 Å². The third-order valence-corrected chi connectivity index (χ3v) is 6.22. The standard InChI is InChI=1S/C14H17ClFNO4S/c15-12-10-11(2-3-13(12)16)22(18,19)17-6-4-14(5-7-17)20-8-1-9-21-14/h2-3,10H,1,4-9H2. The highest BCUT2D eigenvalue weighted by Gasteiger charge is 2.41. The molecule has 122 valence electrons. The first-order chi connectivity index (χ1) is 10.4. The topological polar surface area (TPSA) is 55.8 Å². The Morgan fingerprint density at radius 1 is 1.18 bits per heavy atom. The molecule has 0 unspecified atom stereocenters. The zero-order valence-electron chi connectivity index (χ0n) is 11.9. The summed E-state index contributed by atoms with van der Waals surface area (Å²) in [5, 5.41) is -0.200. The van der Waals surface area contributed by atoms with Gasteiger partial charge in [0.05, 0.1) is 23.1 Å². The summed E-state index contributed by atoms with van der Waals surface area (Å²) in [6.45, 7) is 1.88. The monoisotopic (exact) mass is 349 g/mol. The first-order valence-corrected chi connectivity index (χ1v) is 8.98. The zero-order chi connectivity index (χ0) is 15.8. The molecule has 22 heavy (non-hydrogen) atoms.